The molecule has 0 aromatic heterocycles. The Morgan fingerprint density at radius 1 is 1.16 bits per heavy atom. The monoisotopic (exact) mass is 462 g/mol. The van der Waals surface area contributed by atoms with Gasteiger partial charge in [-0.2, -0.15) is 0 Å². The Morgan fingerprint density at radius 3 is 2.50 bits per heavy atom. The Labute approximate surface area is 187 Å². The highest BCUT2D eigenvalue weighted by Crippen LogP contribution is 2.45. The van der Waals surface area contributed by atoms with Crippen LogP contribution >= 0.6 is 0 Å². The van der Waals surface area contributed by atoms with Gasteiger partial charge >= 0.3 is 0 Å². The Morgan fingerprint density at radius 2 is 1.84 bits per heavy atom. The highest BCUT2D eigenvalue weighted by molar-refractivity contribution is 7.92. The summed E-state index contributed by atoms with van der Waals surface area (Å²) in [6.45, 7) is 3.98. The predicted octanol–water partition coefficient (Wildman–Crippen LogP) is 3.24. The number of benzene rings is 2. The van der Waals surface area contributed by atoms with Crippen LogP contribution in [0.2, 0.25) is 0 Å². The van der Waals surface area contributed by atoms with Gasteiger partial charge in [0.05, 0.1) is 16.6 Å². The number of nitrogens with zero attached hydrogens (tertiary/aromatic N) is 2. The number of likely N-dealkylation sites (tertiary alicyclic amines) is 1. The van der Waals surface area contributed by atoms with Crippen LogP contribution in [0.25, 0.3) is 0 Å². The maximum Gasteiger partial charge on any atom is 0.264 e. The van der Waals surface area contributed by atoms with E-state index in [2.05, 4.69) is 0 Å². The van der Waals surface area contributed by atoms with Crippen LogP contribution in [0.15, 0.2) is 47.4 Å². The van der Waals surface area contributed by atoms with Crippen LogP contribution < -0.4 is 9.04 Å². The Kier molecular flexibility index (Phi) is 5.67. The minimum absolute atomic E-state index is 0.00644. The van der Waals surface area contributed by atoms with Crippen LogP contribution in [0.5, 0.6) is 5.75 Å². The minimum Gasteiger partial charge on any atom is -0.485 e. The average molecular weight is 463 g/mol. The largest absolute Gasteiger partial charge is 0.485 e. The van der Waals surface area contributed by atoms with Crippen molar-refractivity contribution in [2.75, 3.05) is 17.9 Å². The van der Waals surface area contributed by atoms with E-state index in [1.54, 1.807) is 24.8 Å². The van der Waals surface area contributed by atoms with Gasteiger partial charge in [-0.3, -0.25) is 9.10 Å². The molecule has 172 valence electrons. The molecule has 32 heavy (non-hydrogen) atoms. The van der Waals surface area contributed by atoms with Gasteiger partial charge in [0.2, 0.25) is 5.91 Å². The third kappa shape index (κ3) is 3.84. The molecule has 0 bridgehead atoms. The number of aliphatic hydroxyl groups excluding tert-OH is 1. The van der Waals surface area contributed by atoms with E-state index in [1.165, 1.54) is 43.4 Å². The molecular weight excluding hydrogens is 435 g/mol. The molecule has 2 aliphatic rings. The van der Waals surface area contributed by atoms with Gasteiger partial charge in [-0.1, -0.05) is 0 Å². The van der Waals surface area contributed by atoms with Crippen molar-refractivity contribution in [3.8, 4) is 5.75 Å². The quantitative estimate of drug-likeness (QED) is 0.754. The zero-order valence-electron chi connectivity index (χ0n) is 18.3. The lowest BCUT2D eigenvalue weighted by Gasteiger charge is -2.47. The third-order valence-electron chi connectivity index (χ3n) is 6.23. The zero-order chi connectivity index (χ0) is 23.3. The standard InChI is InChI=1S/C23H27FN2O5S/c1-23(2)22(28)21(26-13-5-4-6-20(26)27)18-14-17(11-12-19(18)31-23)32(29,30)25(3)16-9-7-15(24)8-10-16/h7-12,14,21-22,28H,4-6,13H2,1-3H3/t21-,22+/m0/s1. The lowest BCUT2D eigenvalue weighted by molar-refractivity contribution is -0.147. The van der Waals surface area contributed by atoms with Gasteiger partial charge in [0.25, 0.3) is 10.0 Å². The van der Waals surface area contributed by atoms with E-state index in [0.717, 1.165) is 17.1 Å². The van der Waals surface area contributed by atoms with Gasteiger partial charge in [0.15, 0.2) is 0 Å². The molecule has 1 fully saturated rings. The molecule has 0 unspecified atom stereocenters. The number of carbonyl (C=O) groups is 1. The molecule has 9 heteroatoms. The molecule has 2 aromatic carbocycles. The highest BCUT2D eigenvalue weighted by atomic mass is 32.2. The number of halogens is 1. The molecule has 2 heterocycles. The maximum absolute atomic E-state index is 13.3. The molecule has 2 aliphatic heterocycles. The van der Waals surface area contributed by atoms with Gasteiger partial charge in [-0.05, 0) is 69.2 Å². The van der Waals surface area contributed by atoms with Crippen molar-refractivity contribution < 1.29 is 27.4 Å². The minimum atomic E-state index is -3.98. The fourth-order valence-corrected chi connectivity index (χ4v) is 5.54. The first-order valence-electron chi connectivity index (χ1n) is 10.6. The van der Waals surface area contributed by atoms with E-state index < -0.39 is 33.6 Å². The van der Waals surface area contributed by atoms with Gasteiger partial charge in [-0.25, -0.2) is 12.8 Å². The van der Waals surface area contributed by atoms with Crippen molar-refractivity contribution in [1.29, 1.82) is 0 Å². The summed E-state index contributed by atoms with van der Waals surface area (Å²) in [4.78, 5) is 14.3. The Balaban J connectivity index is 1.78. The first-order valence-corrected chi connectivity index (χ1v) is 12.0. The first kappa shape index (κ1) is 22.5. The summed E-state index contributed by atoms with van der Waals surface area (Å²) < 4.78 is 46.9. The summed E-state index contributed by atoms with van der Waals surface area (Å²) in [7, 11) is -2.59. The first-order chi connectivity index (χ1) is 15.0. The number of hydrogen-bond donors (Lipinski definition) is 1. The molecule has 2 aromatic rings. The van der Waals surface area contributed by atoms with E-state index in [-0.39, 0.29) is 10.8 Å². The summed E-state index contributed by atoms with van der Waals surface area (Å²) in [5.41, 5.74) is -0.189. The van der Waals surface area contributed by atoms with Crippen molar-refractivity contribution in [3.05, 3.63) is 53.8 Å². The predicted molar refractivity (Wildman–Crippen MR) is 117 cm³/mol. The van der Waals surface area contributed by atoms with Gasteiger partial charge in [0, 0.05) is 25.6 Å². The van der Waals surface area contributed by atoms with Crippen molar-refractivity contribution >= 4 is 21.6 Å². The molecule has 2 atom stereocenters. The van der Waals surface area contributed by atoms with Crippen molar-refractivity contribution in [2.24, 2.45) is 0 Å². The zero-order valence-corrected chi connectivity index (χ0v) is 19.1. The SMILES string of the molecule is CN(c1ccc(F)cc1)S(=O)(=O)c1ccc2c(c1)[C@H](N1CCCCC1=O)[C@@H](O)C(C)(C)O2. The van der Waals surface area contributed by atoms with E-state index in [4.69, 9.17) is 4.74 Å². The maximum atomic E-state index is 13.3. The number of piperidine rings is 1. The number of aliphatic hydroxyl groups is 1. The topological polar surface area (TPSA) is 87.2 Å². The Hall–Kier alpha value is -2.65. The summed E-state index contributed by atoms with van der Waals surface area (Å²) in [6.07, 6.45) is 0.967. The van der Waals surface area contributed by atoms with E-state index >= 15 is 0 Å². The van der Waals surface area contributed by atoms with Gasteiger partial charge in [0.1, 0.15) is 23.3 Å². The molecule has 7 nitrogen and oxygen atoms in total. The average Bonchev–Trinajstić information content (AvgIpc) is 2.75. The fourth-order valence-electron chi connectivity index (χ4n) is 4.31. The molecule has 1 N–H and O–H groups in total. The number of anilines is 1. The van der Waals surface area contributed by atoms with Crippen molar-refractivity contribution in [2.45, 2.75) is 55.8 Å². The number of fused-ring (bicyclic) bond motifs is 1. The number of ether oxygens (including phenoxy) is 1. The summed E-state index contributed by atoms with van der Waals surface area (Å²) >= 11 is 0. The van der Waals surface area contributed by atoms with Crippen LogP contribution in [-0.4, -0.2) is 49.6 Å². The molecule has 1 amide bonds. The second-order valence-corrected chi connectivity index (χ2v) is 10.8. The van der Waals surface area contributed by atoms with Crippen molar-refractivity contribution in [3.63, 3.8) is 0 Å². The Bertz CT molecular complexity index is 1130. The molecule has 0 aliphatic carbocycles. The van der Waals surface area contributed by atoms with Crippen LogP contribution in [-0.2, 0) is 14.8 Å². The molecule has 0 spiro atoms. The summed E-state index contributed by atoms with van der Waals surface area (Å²) in [6, 6.07) is 8.92. The van der Waals surface area contributed by atoms with E-state index in [9.17, 15) is 22.7 Å². The highest BCUT2D eigenvalue weighted by Gasteiger charge is 2.47. The van der Waals surface area contributed by atoms with Gasteiger partial charge < -0.3 is 14.7 Å². The van der Waals surface area contributed by atoms with Crippen LogP contribution in [0.1, 0.15) is 44.7 Å². The normalized spacial score (nSPS) is 22.8. The van der Waals surface area contributed by atoms with E-state index in [0.29, 0.717) is 30.0 Å². The van der Waals surface area contributed by atoms with Crippen LogP contribution in [0, 0.1) is 5.82 Å². The van der Waals surface area contributed by atoms with Crippen LogP contribution in [0.3, 0.4) is 0 Å². The van der Waals surface area contributed by atoms with Crippen LogP contribution in [0.4, 0.5) is 10.1 Å². The third-order valence-corrected chi connectivity index (χ3v) is 8.01. The number of sulfonamides is 1. The smallest absolute Gasteiger partial charge is 0.264 e. The number of carbonyl (C=O) groups excluding carboxylic acids is 1. The molecule has 4 rings (SSSR count). The molecule has 0 saturated carbocycles. The number of hydrogen-bond acceptors (Lipinski definition) is 5. The van der Waals surface area contributed by atoms with Crippen molar-refractivity contribution in [1.82, 2.24) is 4.90 Å². The molecule has 1 saturated heterocycles. The van der Waals surface area contributed by atoms with Gasteiger partial charge in [-0.15, -0.1) is 0 Å². The number of rotatable bonds is 4. The molecular formula is C23H27FN2O5S. The lowest BCUT2D eigenvalue weighted by Crippen LogP contribution is -2.55. The second kappa shape index (κ2) is 8.04. The van der Waals surface area contributed by atoms with E-state index in [1.807, 2.05) is 0 Å². The summed E-state index contributed by atoms with van der Waals surface area (Å²) in [5.74, 6) is -0.0937. The second-order valence-electron chi connectivity index (χ2n) is 8.79. The summed E-state index contributed by atoms with van der Waals surface area (Å²) in [5, 5.41) is 11.1. The molecule has 0 radical (unpaired) electrons. The number of amides is 1. The fraction of sp³-hybridized carbons (Fsp3) is 0.435. The lowest BCUT2D eigenvalue weighted by atomic mass is 9.84.